The number of carbonyl (C=O) groups is 2. The summed E-state index contributed by atoms with van der Waals surface area (Å²) in [5, 5.41) is 3.89. The summed E-state index contributed by atoms with van der Waals surface area (Å²) in [6.45, 7) is 1.56. The number of hydrazone groups is 1. The van der Waals surface area contributed by atoms with E-state index in [0.29, 0.717) is 10.0 Å². The standard InChI is InChI=1S/C19H15BrClF3N2O4/c1-2-29-16(27)10-30-17-14(20)6-11(7-15(17)21)9-25-26-18(28)12-4-3-5-13(8-12)19(22,23)24/h3-9H,2,10H2,1H3,(H,26,28)/b25-9-. The van der Waals surface area contributed by atoms with Crippen LogP contribution in [0.15, 0.2) is 46.0 Å². The molecule has 2 aromatic rings. The maximum Gasteiger partial charge on any atom is 0.416 e. The maximum atomic E-state index is 12.7. The molecule has 0 radical (unpaired) electrons. The van der Waals surface area contributed by atoms with Gasteiger partial charge in [0.15, 0.2) is 12.4 Å². The van der Waals surface area contributed by atoms with Crippen LogP contribution in [0.4, 0.5) is 13.2 Å². The third kappa shape index (κ3) is 6.74. The van der Waals surface area contributed by atoms with Crippen LogP contribution in [0, 0.1) is 0 Å². The first-order valence-corrected chi connectivity index (χ1v) is 9.57. The number of alkyl halides is 3. The van der Waals surface area contributed by atoms with Crippen molar-refractivity contribution in [2.45, 2.75) is 13.1 Å². The van der Waals surface area contributed by atoms with Crippen molar-refractivity contribution < 1.29 is 32.2 Å². The summed E-state index contributed by atoms with van der Waals surface area (Å²) in [6, 6.07) is 6.99. The van der Waals surface area contributed by atoms with Gasteiger partial charge in [-0.15, -0.1) is 0 Å². The molecule has 0 spiro atoms. The highest BCUT2D eigenvalue weighted by molar-refractivity contribution is 9.10. The first-order chi connectivity index (χ1) is 14.1. The summed E-state index contributed by atoms with van der Waals surface area (Å²) in [5.74, 6) is -1.14. The second-order valence-corrected chi connectivity index (χ2v) is 6.95. The number of hydrogen-bond acceptors (Lipinski definition) is 5. The number of amides is 1. The van der Waals surface area contributed by atoms with E-state index in [1.54, 1.807) is 13.0 Å². The molecule has 0 atom stereocenters. The molecule has 1 amide bonds. The second-order valence-electron chi connectivity index (χ2n) is 5.69. The normalized spacial score (nSPS) is 11.4. The lowest BCUT2D eigenvalue weighted by atomic mass is 10.1. The van der Waals surface area contributed by atoms with E-state index in [1.807, 2.05) is 0 Å². The van der Waals surface area contributed by atoms with Gasteiger partial charge in [-0.05, 0) is 58.7 Å². The lowest BCUT2D eigenvalue weighted by Gasteiger charge is -2.10. The molecule has 0 aliphatic rings. The van der Waals surface area contributed by atoms with Crippen molar-refractivity contribution >= 4 is 45.6 Å². The zero-order valence-electron chi connectivity index (χ0n) is 15.4. The van der Waals surface area contributed by atoms with Crippen LogP contribution in [0.2, 0.25) is 5.02 Å². The Morgan fingerprint density at radius 1 is 1.27 bits per heavy atom. The molecule has 0 aliphatic carbocycles. The van der Waals surface area contributed by atoms with Crippen molar-refractivity contribution in [1.29, 1.82) is 0 Å². The minimum absolute atomic E-state index is 0.166. The maximum absolute atomic E-state index is 12.7. The molecular weight excluding hydrogens is 493 g/mol. The molecule has 0 saturated carbocycles. The van der Waals surface area contributed by atoms with E-state index in [4.69, 9.17) is 21.1 Å². The van der Waals surface area contributed by atoms with Gasteiger partial charge < -0.3 is 9.47 Å². The van der Waals surface area contributed by atoms with Crippen LogP contribution < -0.4 is 10.2 Å². The predicted octanol–water partition coefficient (Wildman–Crippen LogP) is 4.83. The molecule has 0 aliphatic heterocycles. The number of esters is 1. The molecule has 0 heterocycles. The van der Waals surface area contributed by atoms with Gasteiger partial charge in [-0.1, -0.05) is 17.7 Å². The van der Waals surface area contributed by atoms with Crippen LogP contribution >= 0.6 is 27.5 Å². The first-order valence-electron chi connectivity index (χ1n) is 8.40. The topological polar surface area (TPSA) is 77.0 Å². The summed E-state index contributed by atoms with van der Waals surface area (Å²) < 4.78 is 48.7. The van der Waals surface area contributed by atoms with E-state index in [-0.39, 0.29) is 29.5 Å². The Kier molecular flexibility index (Phi) is 8.24. The number of nitrogens with one attached hydrogen (secondary N) is 1. The Morgan fingerprint density at radius 2 is 2.00 bits per heavy atom. The van der Waals surface area contributed by atoms with Crippen LogP contribution in [0.5, 0.6) is 5.75 Å². The van der Waals surface area contributed by atoms with Crippen LogP contribution in [-0.4, -0.2) is 31.3 Å². The SMILES string of the molecule is CCOC(=O)COc1c(Cl)cc(/C=N\NC(=O)c2cccc(C(F)(F)F)c2)cc1Br. The molecule has 2 aromatic carbocycles. The van der Waals surface area contributed by atoms with E-state index < -0.39 is 23.6 Å². The van der Waals surface area contributed by atoms with Gasteiger partial charge >= 0.3 is 12.1 Å². The largest absolute Gasteiger partial charge is 0.479 e. The highest BCUT2D eigenvalue weighted by atomic mass is 79.9. The van der Waals surface area contributed by atoms with Crippen LogP contribution in [0.1, 0.15) is 28.4 Å². The Morgan fingerprint density at radius 3 is 2.63 bits per heavy atom. The summed E-state index contributed by atoms with van der Waals surface area (Å²) in [4.78, 5) is 23.4. The fourth-order valence-electron chi connectivity index (χ4n) is 2.19. The molecule has 0 fully saturated rings. The molecule has 1 N–H and O–H groups in total. The van der Waals surface area contributed by atoms with E-state index in [9.17, 15) is 22.8 Å². The monoisotopic (exact) mass is 506 g/mol. The van der Waals surface area contributed by atoms with Crippen molar-refractivity contribution in [2.24, 2.45) is 5.10 Å². The Labute approximate surface area is 183 Å². The molecule has 2 rings (SSSR count). The van der Waals surface area contributed by atoms with Crippen LogP contribution in [0.3, 0.4) is 0 Å². The van der Waals surface area contributed by atoms with Gasteiger partial charge in [0.05, 0.1) is 27.9 Å². The quantitative estimate of drug-likeness (QED) is 0.331. The summed E-state index contributed by atoms with van der Waals surface area (Å²) in [6.07, 6.45) is -3.31. The van der Waals surface area contributed by atoms with E-state index >= 15 is 0 Å². The lowest BCUT2D eigenvalue weighted by Crippen LogP contribution is -2.18. The molecule has 30 heavy (non-hydrogen) atoms. The van der Waals surface area contributed by atoms with Gasteiger partial charge in [0.25, 0.3) is 5.91 Å². The average Bonchev–Trinajstić information content (AvgIpc) is 2.67. The predicted molar refractivity (Wildman–Crippen MR) is 108 cm³/mol. The summed E-state index contributed by atoms with van der Waals surface area (Å²) in [5.41, 5.74) is 1.48. The molecule has 0 bridgehead atoms. The summed E-state index contributed by atoms with van der Waals surface area (Å²) >= 11 is 9.38. The Balaban J connectivity index is 2.04. The van der Waals surface area contributed by atoms with Crippen LogP contribution in [-0.2, 0) is 15.7 Å². The molecule has 0 saturated heterocycles. The Hall–Kier alpha value is -2.59. The fraction of sp³-hybridized carbons (Fsp3) is 0.211. The number of nitrogens with zero attached hydrogens (tertiary/aromatic N) is 1. The van der Waals surface area contributed by atoms with Crippen molar-refractivity contribution in [3.63, 3.8) is 0 Å². The van der Waals surface area contributed by atoms with Gasteiger partial charge in [-0.2, -0.15) is 18.3 Å². The zero-order chi connectivity index (χ0) is 22.3. The number of ether oxygens (including phenoxy) is 2. The third-order valence-corrected chi connectivity index (χ3v) is 4.36. The van der Waals surface area contributed by atoms with Gasteiger partial charge in [0.1, 0.15) is 0 Å². The highest BCUT2D eigenvalue weighted by Crippen LogP contribution is 2.34. The van der Waals surface area contributed by atoms with Crippen molar-refractivity contribution in [3.8, 4) is 5.75 Å². The number of carbonyl (C=O) groups excluding carboxylic acids is 2. The molecular formula is C19H15BrClF3N2O4. The van der Waals surface area contributed by atoms with Crippen LogP contribution in [0.25, 0.3) is 0 Å². The number of benzene rings is 2. The number of rotatable bonds is 7. The molecule has 11 heteroatoms. The fourth-order valence-corrected chi connectivity index (χ4v) is 3.18. The van der Waals surface area contributed by atoms with Gasteiger partial charge in [-0.25, -0.2) is 10.2 Å². The van der Waals surface area contributed by atoms with Crippen molar-refractivity contribution in [2.75, 3.05) is 13.2 Å². The van der Waals surface area contributed by atoms with Gasteiger partial charge in [0.2, 0.25) is 0 Å². The highest BCUT2D eigenvalue weighted by Gasteiger charge is 2.30. The molecule has 0 unspecified atom stereocenters. The van der Waals surface area contributed by atoms with E-state index in [2.05, 4.69) is 26.5 Å². The molecule has 6 nitrogen and oxygen atoms in total. The van der Waals surface area contributed by atoms with E-state index in [0.717, 1.165) is 18.2 Å². The van der Waals surface area contributed by atoms with Gasteiger partial charge in [-0.3, -0.25) is 4.79 Å². The molecule has 0 aromatic heterocycles. The third-order valence-electron chi connectivity index (χ3n) is 3.49. The second kappa shape index (κ2) is 10.4. The number of halogens is 5. The first kappa shape index (κ1) is 23.7. The minimum atomic E-state index is -4.56. The van der Waals surface area contributed by atoms with Crippen molar-refractivity contribution in [1.82, 2.24) is 5.43 Å². The zero-order valence-corrected chi connectivity index (χ0v) is 17.8. The minimum Gasteiger partial charge on any atom is -0.479 e. The van der Waals surface area contributed by atoms with Gasteiger partial charge in [0, 0.05) is 5.56 Å². The number of hydrogen-bond donors (Lipinski definition) is 1. The Bertz CT molecular complexity index is 944. The lowest BCUT2D eigenvalue weighted by molar-refractivity contribution is -0.145. The molecule has 160 valence electrons. The average molecular weight is 508 g/mol. The van der Waals surface area contributed by atoms with Crippen molar-refractivity contribution in [3.05, 3.63) is 62.6 Å². The smallest absolute Gasteiger partial charge is 0.416 e. The summed E-state index contributed by atoms with van der Waals surface area (Å²) in [7, 11) is 0. The van der Waals surface area contributed by atoms with E-state index in [1.165, 1.54) is 18.3 Å².